The summed E-state index contributed by atoms with van der Waals surface area (Å²) in [4.78, 5) is 0. The molecule has 0 fully saturated rings. The summed E-state index contributed by atoms with van der Waals surface area (Å²) in [6.45, 7) is 1.16. The van der Waals surface area contributed by atoms with E-state index in [9.17, 15) is 4.39 Å². The van der Waals surface area contributed by atoms with Gasteiger partial charge in [-0.05, 0) is 25.2 Å². The molecule has 0 bridgehead atoms. The van der Waals surface area contributed by atoms with Crippen molar-refractivity contribution in [3.05, 3.63) is 47.1 Å². The summed E-state index contributed by atoms with van der Waals surface area (Å²) < 4.78 is 28.9. The number of aromatic nitrogens is 1. The van der Waals surface area contributed by atoms with E-state index >= 15 is 0 Å². The Morgan fingerprint density at radius 2 is 2.15 bits per heavy atom. The fourth-order valence-corrected chi connectivity index (χ4v) is 1.80. The molecule has 0 aliphatic heterocycles. The van der Waals surface area contributed by atoms with E-state index in [1.807, 2.05) is 0 Å². The third kappa shape index (κ3) is 3.79. The van der Waals surface area contributed by atoms with Crippen LogP contribution in [-0.4, -0.2) is 19.3 Å². The lowest BCUT2D eigenvalue weighted by Crippen LogP contribution is -2.08. The van der Waals surface area contributed by atoms with Crippen LogP contribution in [-0.2, 0) is 24.5 Å². The first kappa shape index (κ1) is 14.5. The predicted octanol–water partition coefficient (Wildman–Crippen LogP) is 2.26. The highest BCUT2D eigenvalue weighted by Crippen LogP contribution is 2.21. The number of hydrogen-bond donors (Lipinski definition) is 1. The highest BCUT2D eigenvalue weighted by atomic mass is 19.1. The van der Waals surface area contributed by atoms with Crippen LogP contribution in [0.1, 0.15) is 17.0 Å². The largest absolute Gasteiger partial charge is 0.487 e. The molecule has 0 unspecified atom stereocenters. The number of benzene rings is 1. The first-order chi connectivity index (χ1) is 9.72. The summed E-state index contributed by atoms with van der Waals surface area (Å²) in [5.41, 5.74) is 1.42. The Balaban J connectivity index is 2.02. The predicted molar refractivity (Wildman–Crippen MR) is 70.7 cm³/mol. The Morgan fingerprint density at radius 3 is 2.90 bits per heavy atom. The van der Waals surface area contributed by atoms with E-state index in [1.165, 1.54) is 12.1 Å². The lowest BCUT2D eigenvalue weighted by atomic mass is 10.2. The van der Waals surface area contributed by atoms with Gasteiger partial charge in [0.1, 0.15) is 30.5 Å². The Labute approximate surface area is 116 Å². The molecule has 1 heterocycles. The number of rotatable bonds is 7. The van der Waals surface area contributed by atoms with E-state index in [-0.39, 0.29) is 12.4 Å². The molecule has 1 N–H and O–H groups in total. The summed E-state index contributed by atoms with van der Waals surface area (Å²) in [6, 6.07) is 6.20. The van der Waals surface area contributed by atoms with Gasteiger partial charge in [-0.2, -0.15) is 0 Å². The lowest BCUT2D eigenvalue weighted by molar-refractivity contribution is 0.155. The first-order valence-corrected chi connectivity index (χ1v) is 6.22. The van der Waals surface area contributed by atoms with Crippen LogP contribution in [0.2, 0.25) is 0 Å². The van der Waals surface area contributed by atoms with Crippen molar-refractivity contribution in [2.75, 3.05) is 14.2 Å². The average Bonchev–Trinajstić information content (AvgIpc) is 2.86. The van der Waals surface area contributed by atoms with Gasteiger partial charge < -0.3 is 19.3 Å². The molecule has 0 saturated heterocycles. The minimum absolute atomic E-state index is 0.259. The second-order valence-corrected chi connectivity index (χ2v) is 4.29. The third-order valence-corrected chi connectivity index (χ3v) is 2.66. The zero-order chi connectivity index (χ0) is 14.4. The SMILES string of the molecule is CNCc1cc(F)ccc1OCc1cc(COC)on1. The molecular weight excluding hydrogens is 263 g/mol. The maximum Gasteiger partial charge on any atom is 0.162 e. The van der Waals surface area contributed by atoms with Crippen molar-refractivity contribution < 1.29 is 18.4 Å². The second-order valence-electron chi connectivity index (χ2n) is 4.29. The minimum atomic E-state index is -0.286. The maximum absolute atomic E-state index is 13.2. The summed E-state index contributed by atoms with van der Waals surface area (Å²) in [5.74, 6) is 0.976. The molecule has 6 heteroatoms. The fourth-order valence-electron chi connectivity index (χ4n) is 1.80. The molecule has 2 rings (SSSR count). The van der Waals surface area contributed by atoms with Gasteiger partial charge in [0.05, 0.1) is 0 Å². The quantitative estimate of drug-likeness (QED) is 0.843. The molecular formula is C14H17FN2O3. The monoisotopic (exact) mass is 280 g/mol. The molecule has 0 radical (unpaired) electrons. The summed E-state index contributed by atoms with van der Waals surface area (Å²) >= 11 is 0. The van der Waals surface area contributed by atoms with Gasteiger partial charge in [-0.3, -0.25) is 0 Å². The van der Waals surface area contributed by atoms with Crippen LogP contribution in [0, 0.1) is 5.82 Å². The number of methoxy groups -OCH3 is 1. The van der Waals surface area contributed by atoms with Crippen LogP contribution in [0.5, 0.6) is 5.75 Å². The molecule has 5 nitrogen and oxygen atoms in total. The van der Waals surface area contributed by atoms with E-state index in [4.69, 9.17) is 14.0 Å². The van der Waals surface area contributed by atoms with Gasteiger partial charge in [0.25, 0.3) is 0 Å². The van der Waals surface area contributed by atoms with E-state index < -0.39 is 0 Å². The van der Waals surface area contributed by atoms with Gasteiger partial charge in [-0.25, -0.2) is 4.39 Å². The Kier molecular flexibility index (Phi) is 5.09. The van der Waals surface area contributed by atoms with Gasteiger partial charge >= 0.3 is 0 Å². The molecule has 20 heavy (non-hydrogen) atoms. The van der Waals surface area contributed by atoms with Crippen molar-refractivity contribution in [3.8, 4) is 5.75 Å². The topological polar surface area (TPSA) is 56.5 Å². The van der Waals surface area contributed by atoms with Gasteiger partial charge in [-0.15, -0.1) is 0 Å². The van der Waals surface area contributed by atoms with Gasteiger partial charge in [-0.1, -0.05) is 5.16 Å². The standard InChI is InChI=1S/C14H17FN2O3/c1-16-7-10-5-11(15)3-4-14(10)19-8-12-6-13(9-18-2)20-17-12/h3-6,16H,7-9H2,1-2H3. The second kappa shape index (κ2) is 7.02. The van der Waals surface area contributed by atoms with E-state index in [0.717, 1.165) is 5.56 Å². The fraction of sp³-hybridized carbons (Fsp3) is 0.357. The highest BCUT2D eigenvalue weighted by molar-refractivity contribution is 5.34. The van der Waals surface area contributed by atoms with Crippen molar-refractivity contribution in [1.82, 2.24) is 10.5 Å². The molecule has 1 aromatic heterocycles. The van der Waals surface area contributed by atoms with Crippen LogP contribution >= 0.6 is 0 Å². The summed E-state index contributed by atoms with van der Waals surface area (Å²) in [6.07, 6.45) is 0. The molecule has 0 spiro atoms. The number of hydrogen-bond acceptors (Lipinski definition) is 5. The molecule has 0 amide bonds. The number of nitrogens with one attached hydrogen (secondary N) is 1. The van der Waals surface area contributed by atoms with Gasteiger partial charge in [0.15, 0.2) is 5.76 Å². The lowest BCUT2D eigenvalue weighted by Gasteiger charge is -2.10. The van der Waals surface area contributed by atoms with Crippen LogP contribution in [0.4, 0.5) is 4.39 Å². The molecule has 1 aromatic carbocycles. The average molecular weight is 280 g/mol. The number of nitrogens with zero attached hydrogens (tertiary/aromatic N) is 1. The van der Waals surface area contributed by atoms with Crippen LogP contribution in [0.3, 0.4) is 0 Å². The van der Waals surface area contributed by atoms with E-state index in [1.54, 1.807) is 26.3 Å². The molecule has 108 valence electrons. The molecule has 2 aromatic rings. The van der Waals surface area contributed by atoms with Gasteiger partial charge in [0, 0.05) is 25.3 Å². The van der Waals surface area contributed by atoms with Crippen molar-refractivity contribution in [2.24, 2.45) is 0 Å². The maximum atomic E-state index is 13.2. The van der Waals surface area contributed by atoms with E-state index in [0.29, 0.717) is 30.4 Å². The Morgan fingerprint density at radius 1 is 1.30 bits per heavy atom. The Hall–Kier alpha value is -1.92. The highest BCUT2D eigenvalue weighted by Gasteiger charge is 2.08. The summed E-state index contributed by atoms with van der Waals surface area (Å²) in [5, 5.41) is 6.85. The van der Waals surface area contributed by atoms with Crippen molar-refractivity contribution in [2.45, 2.75) is 19.8 Å². The normalized spacial score (nSPS) is 10.8. The Bertz CT molecular complexity index is 557. The van der Waals surface area contributed by atoms with E-state index in [2.05, 4.69) is 10.5 Å². The van der Waals surface area contributed by atoms with Crippen molar-refractivity contribution >= 4 is 0 Å². The third-order valence-electron chi connectivity index (χ3n) is 2.66. The molecule has 0 aliphatic rings. The van der Waals surface area contributed by atoms with Crippen molar-refractivity contribution in [3.63, 3.8) is 0 Å². The smallest absolute Gasteiger partial charge is 0.162 e. The zero-order valence-electron chi connectivity index (χ0n) is 11.5. The summed E-state index contributed by atoms with van der Waals surface area (Å²) in [7, 11) is 3.38. The van der Waals surface area contributed by atoms with Crippen molar-refractivity contribution in [1.29, 1.82) is 0 Å². The number of ether oxygens (including phenoxy) is 2. The molecule has 0 atom stereocenters. The van der Waals surface area contributed by atoms with Crippen LogP contribution in [0.15, 0.2) is 28.8 Å². The minimum Gasteiger partial charge on any atom is -0.487 e. The van der Waals surface area contributed by atoms with Crippen LogP contribution < -0.4 is 10.1 Å². The molecule has 0 aliphatic carbocycles. The van der Waals surface area contributed by atoms with Gasteiger partial charge in [0.2, 0.25) is 0 Å². The number of halogens is 1. The van der Waals surface area contributed by atoms with Crippen LogP contribution in [0.25, 0.3) is 0 Å². The zero-order valence-corrected chi connectivity index (χ0v) is 11.5. The first-order valence-electron chi connectivity index (χ1n) is 6.22. The molecule has 0 saturated carbocycles.